The summed E-state index contributed by atoms with van der Waals surface area (Å²) in [7, 11) is 0. The number of H-pyrrole nitrogens is 1. The van der Waals surface area contributed by atoms with E-state index in [-0.39, 0.29) is 36.7 Å². The van der Waals surface area contributed by atoms with E-state index in [0.29, 0.717) is 34.0 Å². The molecule has 0 saturated heterocycles. The summed E-state index contributed by atoms with van der Waals surface area (Å²) in [5, 5.41) is 10.1. The number of ether oxygens (including phenoxy) is 1. The van der Waals surface area contributed by atoms with Crippen molar-refractivity contribution in [3.63, 3.8) is 0 Å². The number of carbonyl (C=O) groups excluding carboxylic acids is 1. The lowest BCUT2D eigenvalue weighted by Crippen LogP contribution is -2.15. The zero-order chi connectivity index (χ0) is 30.5. The van der Waals surface area contributed by atoms with Gasteiger partial charge in [-0.05, 0) is 83.8 Å². The number of aryl methyl sites for hydroxylation is 1. The summed E-state index contributed by atoms with van der Waals surface area (Å²) < 4.78 is 21.5. The fourth-order valence-corrected chi connectivity index (χ4v) is 5.22. The van der Waals surface area contributed by atoms with E-state index in [9.17, 15) is 19.1 Å². The van der Waals surface area contributed by atoms with E-state index in [0.717, 1.165) is 16.7 Å². The van der Waals surface area contributed by atoms with Crippen LogP contribution in [-0.4, -0.2) is 20.4 Å². The molecule has 6 rings (SSSR count). The van der Waals surface area contributed by atoms with Crippen LogP contribution in [0.2, 0.25) is 0 Å². The highest BCUT2D eigenvalue weighted by molar-refractivity contribution is 5.96. The number of phenols is 1. The number of aromatic hydroxyl groups is 1. The van der Waals surface area contributed by atoms with E-state index in [1.165, 1.54) is 24.3 Å². The molecule has 0 spiro atoms. The van der Waals surface area contributed by atoms with Gasteiger partial charge < -0.3 is 14.8 Å². The van der Waals surface area contributed by atoms with Crippen molar-refractivity contribution in [1.29, 1.82) is 0 Å². The smallest absolute Gasteiger partial charge is 0.330 e. The maximum atomic E-state index is 13.5. The third-order valence-corrected chi connectivity index (χ3v) is 7.41. The van der Waals surface area contributed by atoms with Crippen molar-refractivity contribution < 1.29 is 19.0 Å². The number of aromatic nitrogens is 2. The van der Waals surface area contributed by atoms with Gasteiger partial charge in [0.1, 0.15) is 23.9 Å². The second kappa shape index (κ2) is 12.7. The van der Waals surface area contributed by atoms with E-state index in [1.54, 1.807) is 22.8 Å². The van der Waals surface area contributed by atoms with Gasteiger partial charge in [0.2, 0.25) is 0 Å². The largest absolute Gasteiger partial charge is 0.508 e. The minimum Gasteiger partial charge on any atom is -0.508 e. The number of phenolic OH excluding ortho intramolecular Hbond substituents is 1. The minimum atomic E-state index is -0.412. The average Bonchev–Trinajstić information content (AvgIpc) is 3.39. The first-order chi connectivity index (χ1) is 21.5. The number of benzene rings is 5. The van der Waals surface area contributed by atoms with E-state index in [4.69, 9.17) is 4.74 Å². The number of carbonyl (C=O) groups is 1. The van der Waals surface area contributed by atoms with Gasteiger partial charge in [0.05, 0.1) is 11.4 Å². The summed E-state index contributed by atoms with van der Waals surface area (Å²) in [6, 6.07) is 37.2. The van der Waals surface area contributed by atoms with Crippen molar-refractivity contribution in [2.75, 3.05) is 0 Å². The molecule has 2 N–H and O–H groups in total. The summed E-state index contributed by atoms with van der Waals surface area (Å²) in [6.07, 6.45) is 0.349. The molecule has 0 atom stereocenters. The van der Waals surface area contributed by atoms with E-state index in [2.05, 4.69) is 4.98 Å². The Morgan fingerprint density at radius 2 is 1.50 bits per heavy atom. The molecular formula is C37H29FN2O4. The standard InChI is InChI=1S/C37H29FN2O4/c38-29-17-14-26(15-18-29)34(42)21-20-33-36(40(37(43)39-33)30-11-5-2-6-12-30)32-19-16-28(27-10-7-13-31(41)22-27)23-35(32)44-24-25-8-3-1-4-9-25/h1-19,22-23,41H,20-21,24H2,(H,39,43). The maximum Gasteiger partial charge on any atom is 0.330 e. The number of Topliss-reactive ketones (excluding diaryl/α,β-unsaturated/α-hetero) is 1. The highest BCUT2D eigenvalue weighted by Gasteiger charge is 2.22. The summed E-state index contributed by atoms with van der Waals surface area (Å²) >= 11 is 0. The number of hydrogen-bond donors (Lipinski definition) is 2. The van der Waals surface area contributed by atoms with Crippen LogP contribution in [0.25, 0.3) is 28.1 Å². The van der Waals surface area contributed by atoms with E-state index in [1.807, 2.05) is 84.9 Å². The van der Waals surface area contributed by atoms with Gasteiger partial charge >= 0.3 is 5.69 Å². The number of nitrogens with zero attached hydrogens (tertiary/aromatic N) is 1. The summed E-state index contributed by atoms with van der Waals surface area (Å²) in [5.41, 5.74) is 5.14. The molecule has 0 aliphatic carbocycles. The average molecular weight is 585 g/mol. The van der Waals surface area contributed by atoms with Gasteiger partial charge in [0.25, 0.3) is 0 Å². The van der Waals surface area contributed by atoms with Crippen molar-refractivity contribution in [3.8, 4) is 39.6 Å². The van der Waals surface area contributed by atoms with Crippen molar-refractivity contribution in [3.05, 3.63) is 161 Å². The van der Waals surface area contributed by atoms with Crippen LogP contribution < -0.4 is 10.4 Å². The Balaban J connectivity index is 1.46. The maximum absolute atomic E-state index is 13.5. The Morgan fingerprint density at radius 3 is 2.23 bits per heavy atom. The van der Waals surface area contributed by atoms with Crippen LogP contribution in [-0.2, 0) is 13.0 Å². The van der Waals surface area contributed by atoms with Gasteiger partial charge in [-0.1, -0.05) is 66.7 Å². The summed E-state index contributed by atoms with van der Waals surface area (Å²) in [5.74, 6) is 0.105. The topological polar surface area (TPSA) is 84.3 Å². The molecule has 6 nitrogen and oxygen atoms in total. The van der Waals surface area contributed by atoms with E-state index < -0.39 is 5.82 Å². The van der Waals surface area contributed by atoms with Gasteiger partial charge in [0.15, 0.2) is 5.78 Å². The number of ketones is 1. The molecule has 0 aliphatic heterocycles. The van der Waals surface area contributed by atoms with Crippen LogP contribution in [0.1, 0.15) is 28.0 Å². The molecule has 0 radical (unpaired) electrons. The third-order valence-electron chi connectivity index (χ3n) is 7.41. The monoisotopic (exact) mass is 584 g/mol. The molecular weight excluding hydrogens is 555 g/mol. The molecule has 5 aromatic carbocycles. The zero-order valence-electron chi connectivity index (χ0n) is 23.7. The first-order valence-corrected chi connectivity index (χ1v) is 14.2. The number of halogens is 1. The minimum absolute atomic E-state index is 0.106. The van der Waals surface area contributed by atoms with Crippen molar-refractivity contribution in [2.24, 2.45) is 0 Å². The lowest BCUT2D eigenvalue weighted by molar-refractivity contribution is 0.0982. The second-order valence-electron chi connectivity index (χ2n) is 10.4. The first-order valence-electron chi connectivity index (χ1n) is 14.2. The highest BCUT2D eigenvalue weighted by atomic mass is 19.1. The first kappa shape index (κ1) is 28.4. The normalized spacial score (nSPS) is 10.9. The van der Waals surface area contributed by atoms with E-state index >= 15 is 0 Å². The van der Waals surface area contributed by atoms with Crippen molar-refractivity contribution in [2.45, 2.75) is 19.4 Å². The Labute approximate surface area is 253 Å². The number of nitrogens with one attached hydrogen (secondary N) is 1. The van der Waals surface area contributed by atoms with Crippen LogP contribution in [0.4, 0.5) is 4.39 Å². The number of rotatable bonds is 10. The lowest BCUT2D eigenvalue weighted by atomic mass is 9.98. The molecule has 7 heteroatoms. The van der Waals surface area contributed by atoms with Gasteiger partial charge in [-0.15, -0.1) is 0 Å². The summed E-state index contributed by atoms with van der Waals surface area (Å²) in [4.78, 5) is 29.5. The molecule has 0 fully saturated rings. The Morgan fingerprint density at radius 1 is 0.795 bits per heavy atom. The molecule has 0 unspecified atom stereocenters. The number of hydrogen-bond acceptors (Lipinski definition) is 4. The number of aromatic amines is 1. The van der Waals surface area contributed by atoms with Crippen LogP contribution in [0.3, 0.4) is 0 Å². The number of imidazole rings is 1. The molecule has 218 valence electrons. The van der Waals surface area contributed by atoms with Crippen LogP contribution >= 0.6 is 0 Å². The molecule has 44 heavy (non-hydrogen) atoms. The molecule has 0 bridgehead atoms. The van der Waals surface area contributed by atoms with Crippen LogP contribution in [0, 0.1) is 5.82 Å². The van der Waals surface area contributed by atoms with Gasteiger partial charge in [-0.25, -0.2) is 9.18 Å². The Bertz CT molecular complexity index is 1960. The molecule has 0 saturated carbocycles. The molecule has 6 aromatic rings. The second-order valence-corrected chi connectivity index (χ2v) is 10.4. The number of para-hydroxylation sites is 1. The van der Waals surface area contributed by atoms with Crippen LogP contribution in [0.15, 0.2) is 132 Å². The Kier molecular flexibility index (Phi) is 8.19. The zero-order valence-corrected chi connectivity index (χ0v) is 23.7. The third kappa shape index (κ3) is 6.22. The Hall–Kier alpha value is -5.69. The predicted molar refractivity (Wildman–Crippen MR) is 169 cm³/mol. The molecule has 0 aliphatic rings. The molecule has 1 aromatic heterocycles. The molecule has 1 heterocycles. The van der Waals surface area contributed by atoms with Gasteiger partial charge in [-0.2, -0.15) is 0 Å². The predicted octanol–water partition coefficient (Wildman–Crippen LogP) is 7.74. The quantitative estimate of drug-likeness (QED) is 0.161. The SMILES string of the molecule is O=C(CCc1[nH]c(=O)n(-c2ccccc2)c1-c1ccc(-c2cccc(O)c2)cc1OCc1ccccc1)c1ccc(F)cc1. The lowest BCUT2D eigenvalue weighted by Gasteiger charge is -2.17. The molecule has 0 amide bonds. The van der Waals surface area contributed by atoms with Crippen molar-refractivity contribution in [1.82, 2.24) is 9.55 Å². The highest BCUT2D eigenvalue weighted by Crippen LogP contribution is 2.38. The fourth-order valence-electron chi connectivity index (χ4n) is 5.22. The van der Waals surface area contributed by atoms with Gasteiger partial charge in [-0.3, -0.25) is 9.36 Å². The van der Waals surface area contributed by atoms with Gasteiger partial charge in [0, 0.05) is 23.2 Å². The fraction of sp³-hybridized carbons (Fsp3) is 0.0811. The summed E-state index contributed by atoms with van der Waals surface area (Å²) in [6.45, 7) is 0.287. The van der Waals surface area contributed by atoms with Crippen molar-refractivity contribution >= 4 is 5.78 Å². The van der Waals surface area contributed by atoms with Crippen LogP contribution in [0.5, 0.6) is 11.5 Å².